The molecular weight excluding hydrogens is 891 g/mol. The maximum absolute atomic E-state index is 2.91. The molecule has 0 radical (unpaired) electrons. The highest BCUT2D eigenvalue weighted by molar-refractivity contribution is 7.26. The molecule has 2 heterocycles. The number of rotatable bonds is 7. The summed E-state index contributed by atoms with van der Waals surface area (Å²) in [6.45, 7) is 0. The van der Waals surface area contributed by atoms with E-state index in [1.54, 1.807) is 0 Å². The summed E-state index contributed by atoms with van der Waals surface area (Å²) in [5.74, 6) is 0.144. The lowest BCUT2D eigenvalue weighted by atomic mass is 9.60. The zero-order valence-electron chi connectivity index (χ0n) is 38.8. The first-order chi connectivity index (χ1) is 35.3. The third kappa shape index (κ3) is 5.79. The molecule has 0 spiro atoms. The summed E-state index contributed by atoms with van der Waals surface area (Å²) in [6.07, 6.45) is 0. The molecule has 11 aromatic carbocycles. The largest absolute Gasteiger partial charge is 0.309 e. The standard InChI is InChI=1S/C68H45NSSi/c1-4-23-46(24-5-1)71(47-25-6-2-7-26-47,48-27-8-3-9-28-48)62-42-20-37-57-63-50-29-10-11-30-53(50)68(67(57)62)66-49(33-17-36-56(63)66)44-21-16-22-45(43-44)69-58-38-14-12-31-54(58)64-51(34-18-39-59(64)69)52-35-19-41-61-65(52)55-32-13-15-40-60(55)70-61/h1-43,63,68H. The van der Waals surface area contributed by atoms with Gasteiger partial charge in [0.15, 0.2) is 8.07 Å². The summed E-state index contributed by atoms with van der Waals surface area (Å²) in [5.41, 5.74) is 17.3. The predicted octanol–water partition coefficient (Wildman–Crippen LogP) is 14.9. The van der Waals surface area contributed by atoms with E-state index in [1.165, 1.54) is 118 Å². The fourth-order valence-corrected chi connectivity index (χ4v) is 19.4. The lowest BCUT2D eigenvalue weighted by molar-refractivity contribution is 0.760. The highest BCUT2D eigenvalue weighted by atomic mass is 32.1. The Labute approximate surface area is 418 Å². The van der Waals surface area contributed by atoms with Gasteiger partial charge in [-0.1, -0.05) is 224 Å². The molecule has 2 unspecified atom stereocenters. The van der Waals surface area contributed by atoms with E-state index in [-0.39, 0.29) is 11.8 Å². The number of hydrogen-bond donors (Lipinski definition) is 0. The van der Waals surface area contributed by atoms with Gasteiger partial charge in [-0.15, -0.1) is 11.3 Å². The number of thiophene rings is 1. The molecular formula is C68H45NSSi. The number of hydrogen-bond acceptors (Lipinski definition) is 1. The SMILES string of the molecule is c1ccc([Si](c2ccccc2)(c2ccccc2)c2cccc3c2C2c4ccccc4C3c3cccc(-c4cccc(-n5c6ccccc6c6c(-c7cccc8sc9ccccc9c78)cccc65)c4)c32)cc1. The smallest absolute Gasteiger partial charge is 0.179 e. The highest BCUT2D eigenvalue weighted by Gasteiger charge is 2.49. The molecule has 71 heavy (non-hydrogen) atoms. The van der Waals surface area contributed by atoms with Crippen molar-refractivity contribution in [1.29, 1.82) is 0 Å². The van der Waals surface area contributed by atoms with E-state index in [1.807, 2.05) is 11.3 Å². The van der Waals surface area contributed by atoms with Crippen molar-refractivity contribution in [2.45, 2.75) is 11.8 Å². The lowest BCUT2D eigenvalue weighted by Crippen LogP contribution is -2.75. The third-order valence-corrected chi connectivity index (χ3v) is 21.9. The maximum Gasteiger partial charge on any atom is 0.179 e. The highest BCUT2D eigenvalue weighted by Crippen LogP contribution is 2.58. The summed E-state index contributed by atoms with van der Waals surface area (Å²) in [6, 6.07) is 99.1. The summed E-state index contributed by atoms with van der Waals surface area (Å²) in [4.78, 5) is 0. The first-order valence-electron chi connectivity index (χ1n) is 24.8. The quantitative estimate of drug-likeness (QED) is 0.111. The van der Waals surface area contributed by atoms with Gasteiger partial charge in [-0.05, 0) is 113 Å². The molecule has 0 fully saturated rings. The molecule has 16 rings (SSSR count). The second-order valence-electron chi connectivity index (χ2n) is 19.3. The number of para-hydroxylation sites is 1. The molecule has 0 N–H and O–H groups in total. The van der Waals surface area contributed by atoms with E-state index >= 15 is 0 Å². The second-order valence-corrected chi connectivity index (χ2v) is 24.2. The lowest BCUT2D eigenvalue weighted by Gasteiger charge is -2.47. The van der Waals surface area contributed by atoms with Crippen molar-refractivity contribution in [3.8, 4) is 27.9 Å². The average molecular weight is 936 g/mol. The monoisotopic (exact) mass is 935 g/mol. The van der Waals surface area contributed by atoms with Crippen molar-refractivity contribution < 1.29 is 0 Å². The van der Waals surface area contributed by atoms with Crippen LogP contribution in [0.2, 0.25) is 0 Å². The number of fused-ring (bicyclic) bond motifs is 6. The van der Waals surface area contributed by atoms with Gasteiger partial charge in [0, 0.05) is 48.5 Å². The molecule has 0 amide bonds. The molecule has 332 valence electrons. The molecule has 0 saturated carbocycles. The van der Waals surface area contributed by atoms with Gasteiger partial charge in [-0.3, -0.25) is 0 Å². The number of aromatic nitrogens is 1. The van der Waals surface area contributed by atoms with Crippen LogP contribution in [0.1, 0.15) is 45.2 Å². The van der Waals surface area contributed by atoms with E-state index in [0.717, 1.165) is 5.69 Å². The van der Waals surface area contributed by atoms with Crippen molar-refractivity contribution >= 4 is 82.1 Å². The van der Waals surface area contributed by atoms with Gasteiger partial charge in [0.25, 0.3) is 0 Å². The molecule has 0 saturated heterocycles. The first-order valence-corrected chi connectivity index (χ1v) is 27.6. The van der Waals surface area contributed by atoms with Crippen LogP contribution in [-0.2, 0) is 0 Å². The third-order valence-electron chi connectivity index (χ3n) is 15.9. The van der Waals surface area contributed by atoms with Crippen LogP contribution in [-0.4, -0.2) is 12.6 Å². The van der Waals surface area contributed by atoms with Gasteiger partial charge >= 0.3 is 0 Å². The number of benzene rings is 11. The summed E-state index contributed by atoms with van der Waals surface area (Å²) >= 11 is 1.88. The fraction of sp³-hybridized carbons (Fsp3) is 0.0294. The zero-order valence-corrected chi connectivity index (χ0v) is 40.7. The minimum atomic E-state index is -2.91. The van der Waals surface area contributed by atoms with Gasteiger partial charge < -0.3 is 4.57 Å². The summed E-state index contributed by atoms with van der Waals surface area (Å²) < 4.78 is 5.15. The van der Waals surface area contributed by atoms with Crippen LogP contribution in [0.3, 0.4) is 0 Å². The van der Waals surface area contributed by atoms with Crippen LogP contribution in [0.4, 0.5) is 0 Å². The fourth-order valence-electron chi connectivity index (χ4n) is 13.3. The Morgan fingerprint density at radius 1 is 0.338 bits per heavy atom. The Bertz CT molecular complexity index is 4150. The second kappa shape index (κ2) is 15.8. The Kier molecular flexibility index (Phi) is 9.05. The van der Waals surface area contributed by atoms with Gasteiger partial charge in [0.1, 0.15) is 0 Å². The predicted molar refractivity (Wildman–Crippen MR) is 303 cm³/mol. The molecule has 3 aliphatic rings. The molecule has 0 aliphatic heterocycles. The molecule has 2 atom stereocenters. The Balaban J connectivity index is 0.959. The van der Waals surface area contributed by atoms with Crippen molar-refractivity contribution in [3.63, 3.8) is 0 Å². The van der Waals surface area contributed by atoms with Crippen LogP contribution in [0, 0.1) is 0 Å². The minimum Gasteiger partial charge on any atom is -0.309 e. The van der Waals surface area contributed by atoms with E-state index in [9.17, 15) is 0 Å². The van der Waals surface area contributed by atoms with Crippen molar-refractivity contribution in [2.75, 3.05) is 0 Å². The van der Waals surface area contributed by atoms with E-state index in [4.69, 9.17) is 0 Å². The van der Waals surface area contributed by atoms with E-state index in [0.29, 0.717) is 0 Å². The Morgan fingerprint density at radius 3 is 1.58 bits per heavy atom. The summed E-state index contributed by atoms with van der Waals surface area (Å²) in [5, 5.41) is 10.9. The molecule has 3 heteroatoms. The van der Waals surface area contributed by atoms with E-state index in [2.05, 4.69) is 265 Å². The number of nitrogens with zero attached hydrogens (tertiary/aromatic N) is 1. The normalized spacial score (nSPS) is 14.8. The minimum absolute atomic E-state index is 0.0342. The van der Waals surface area contributed by atoms with Gasteiger partial charge in [0.05, 0.1) is 11.0 Å². The van der Waals surface area contributed by atoms with Crippen molar-refractivity contribution in [3.05, 3.63) is 294 Å². The first kappa shape index (κ1) is 40.5. The zero-order chi connectivity index (χ0) is 46.6. The maximum atomic E-state index is 2.51. The molecule has 3 aliphatic carbocycles. The topological polar surface area (TPSA) is 4.93 Å². The van der Waals surface area contributed by atoms with Crippen LogP contribution in [0.25, 0.3) is 69.9 Å². The van der Waals surface area contributed by atoms with Gasteiger partial charge in [-0.25, -0.2) is 0 Å². The molecule has 2 bridgehead atoms. The van der Waals surface area contributed by atoms with Crippen molar-refractivity contribution in [2.24, 2.45) is 0 Å². The van der Waals surface area contributed by atoms with Crippen LogP contribution >= 0.6 is 11.3 Å². The Morgan fingerprint density at radius 2 is 0.845 bits per heavy atom. The van der Waals surface area contributed by atoms with Crippen LogP contribution in [0.15, 0.2) is 261 Å². The Hall–Kier alpha value is -8.34. The molecule has 1 nitrogen and oxygen atoms in total. The van der Waals surface area contributed by atoms with E-state index < -0.39 is 8.07 Å². The summed E-state index contributed by atoms with van der Waals surface area (Å²) in [7, 11) is -2.91. The molecule has 13 aromatic rings. The van der Waals surface area contributed by atoms with Gasteiger partial charge in [-0.2, -0.15) is 0 Å². The average Bonchev–Trinajstić information content (AvgIpc) is 4.01. The van der Waals surface area contributed by atoms with Gasteiger partial charge in [0.2, 0.25) is 0 Å². The van der Waals surface area contributed by atoms with Crippen LogP contribution in [0.5, 0.6) is 0 Å². The van der Waals surface area contributed by atoms with Crippen molar-refractivity contribution in [1.82, 2.24) is 4.57 Å². The molecule has 2 aromatic heterocycles. The van der Waals surface area contributed by atoms with Crippen LogP contribution < -0.4 is 20.7 Å².